The number of hydrogen-bond acceptors (Lipinski definition) is 5. The average Bonchev–Trinajstić information content (AvgIpc) is 3.15. The Bertz CT molecular complexity index is 652. The normalized spacial score (nSPS) is 27.4. The van der Waals surface area contributed by atoms with Gasteiger partial charge in [0, 0.05) is 31.6 Å². The van der Waals surface area contributed by atoms with Crippen LogP contribution in [-0.2, 0) is 16.1 Å². The molecule has 0 aromatic heterocycles. The lowest BCUT2D eigenvalue weighted by Gasteiger charge is -2.37. The SMILES string of the molecule is CC1CCC(N(Cc2ccc3c(c2)OCO3)C(=O)CC2COCCN2)CC1. The van der Waals surface area contributed by atoms with E-state index >= 15 is 0 Å². The molecular weight excluding hydrogens is 344 g/mol. The van der Waals surface area contributed by atoms with Crippen LogP contribution in [0.4, 0.5) is 0 Å². The van der Waals surface area contributed by atoms with Crippen molar-refractivity contribution in [3.63, 3.8) is 0 Å². The summed E-state index contributed by atoms with van der Waals surface area (Å²) in [7, 11) is 0. The van der Waals surface area contributed by atoms with Crippen LogP contribution in [0.3, 0.4) is 0 Å². The molecular formula is C21H30N2O4. The number of amides is 1. The van der Waals surface area contributed by atoms with Crippen LogP contribution >= 0.6 is 0 Å². The lowest BCUT2D eigenvalue weighted by atomic mass is 9.86. The number of nitrogens with one attached hydrogen (secondary N) is 1. The Morgan fingerprint density at radius 2 is 2.00 bits per heavy atom. The van der Waals surface area contributed by atoms with Gasteiger partial charge in [-0.25, -0.2) is 0 Å². The summed E-state index contributed by atoms with van der Waals surface area (Å²) in [5.74, 6) is 2.54. The molecule has 148 valence electrons. The van der Waals surface area contributed by atoms with Gasteiger partial charge in [-0.2, -0.15) is 0 Å². The summed E-state index contributed by atoms with van der Waals surface area (Å²) in [5, 5.41) is 3.40. The van der Waals surface area contributed by atoms with E-state index in [1.165, 1.54) is 12.8 Å². The first kappa shape index (κ1) is 18.6. The molecule has 1 saturated heterocycles. The Morgan fingerprint density at radius 3 is 2.78 bits per heavy atom. The number of morpholine rings is 1. The Morgan fingerprint density at radius 1 is 1.19 bits per heavy atom. The summed E-state index contributed by atoms with van der Waals surface area (Å²) in [6.07, 6.45) is 5.06. The van der Waals surface area contributed by atoms with Gasteiger partial charge in [0.2, 0.25) is 12.7 Å². The fraction of sp³-hybridized carbons (Fsp3) is 0.667. The Kier molecular flexibility index (Phi) is 5.83. The number of rotatable bonds is 5. The molecule has 1 saturated carbocycles. The second-order valence-corrected chi connectivity index (χ2v) is 8.05. The number of nitrogens with zero attached hydrogens (tertiary/aromatic N) is 1. The summed E-state index contributed by atoms with van der Waals surface area (Å²) >= 11 is 0. The maximum Gasteiger partial charge on any atom is 0.231 e. The minimum absolute atomic E-state index is 0.119. The van der Waals surface area contributed by atoms with Crippen LogP contribution in [0.1, 0.15) is 44.6 Å². The van der Waals surface area contributed by atoms with E-state index < -0.39 is 0 Å². The maximum atomic E-state index is 13.2. The minimum atomic E-state index is 0.119. The van der Waals surface area contributed by atoms with Crippen LogP contribution in [0.5, 0.6) is 11.5 Å². The van der Waals surface area contributed by atoms with Crippen LogP contribution < -0.4 is 14.8 Å². The van der Waals surface area contributed by atoms with Gasteiger partial charge < -0.3 is 24.4 Å². The molecule has 2 aliphatic heterocycles. The average molecular weight is 374 g/mol. The lowest BCUT2D eigenvalue weighted by Crippen LogP contribution is -2.47. The molecule has 0 spiro atoms. The van der Waals surface area contributed by atoms with Crippen molar-refractivity contribution >= 4 is 5.91 Å². The van der Waals surface area contributed by atoms with Gasteiger partial charge in [-0.05, 0) is 49.3 Å². The predicted octanol–water partition coefficient (Wildman–Crippen LogP) is 2.70. The molecule has 1 N–H and O–H groups in total. The van der Waals surface area contributed by atoms with Crippen molar-refractivity contribution in [3.8, 4) is 11.5 Å². The van der Waals surface area contributed by atoms with Crippen molar-refractivity contribution in [1.82, 2.24) is 10.2 Å². The lowest BCUT2D eigenvalue weighted by molar-refractivity contribution is -0.136. The van der Waals surface area contributed by atoms with Crippen LogP contribution in [-0.4, -0.2) is 49.4 Å². The molecule has 1 aromatic carbocycles. The number of hydrogen-bond donors (Lipinski definition) is 1. The fourth-order valence-electron chi connectivity index (χ4n) is 4.29. The van der Waals surface area contributed by atoms with Crippen molar-refractivity contribution < 1.29 is 19.0 Å². The summed E-state index contributed by atoms with van der Waals surface area (Å²) in [6.45, 7) is 5.37. The van der Waals surface area contributed by atoms with Crippen molar-refractivity contribution in [2.45, 2.75) is 57.7 Å². The molecule has 2 heterocycles. The molecule has 6 heteroatoms. The Balaban J connectivity index is 1.47. The smallest absolute Gasteiger partial charge is 0.231 e. The highest BCUT2D eigenvalue weighted by Gasteiger charge is 2.30. The summed E-state index contributed by atoms with van der Waals surface area (Å²) in [6, 6.07) is 6.44. The van der Waals surface area contributed by atoms with Gasteiger partial charge in [0.1, 0.15) is 0 Å². The standard InChI is InChI=1S/C21H30N2O4/c1-15-2-5-18(6-3-15)23(21(24)11-17-13-25-9-8-22-17)12-16-4-7-19-20(10-16)27-14-26-19/h4,7,10,15,17-18,22H,2-3,5-6,8-9,11-14H2,1H3. The van der Waals surface area contributed by atoms with Gasteiger partial charge in [0.15, 0.2) is 11.5 Å². The van der Waals surface area contributed by atoms with Gasteiger partial charge in [-0.15, -0.1) is 0 Å². The Labute approximate surface area is 161 Å². The first-order chi connectivity index (χ1) is 13.2. The number of carbonyl (C=O) groups is 1. The molecule has 1 unspecified atom stereocenters. The van der Waals surface area contributed by atoms with E-state index in [9.17, 15) is 4.79 Å². The van der Waals surface area contributed by atoms with Crippen molar-refractivity contribution in [1.29, 1.82) is 0 Å². The summed E-state index contributed by atoms with van der Waals surface area (Å²) in [5.41, 5.74) is 1.10. The Hall–Kier alpha value is -1.79. The molecule has 27 heavy (non-hydrogen) atoms. The highest BCUT2D eigenvalue weighted by molar-refractivity contribution is 5.77. The third-order valence-electron chi connectivity index (χ3n) is 5.96. The van der Waals surface area contributed by atoms with E-state index in [4.69, 9.17) is 14.2 Å². The molecule has 4 rings (SSSR count). The highest BCUT2D eigenvalue weighted by Crippen LogP contribution is 2.34. The second kappa shape index (κ2) is 8.48. The first-order valence-corrected chi connectivity index (χ1v) is 10.2. The molecule has 1 aliphatic carbocycles. The van der Waals surface area contributed by atoms with E-state index in [-0.39, 0.29) is 18.7 Å². The van der Waals surface area contributed by atoms with Crippen molar-refractivity contribution in [2.75, 3.05) is 26.6 Å². The molecule has 0 bridgehead atoms. The van der Waals surface area contributed by atoms with Gasteiger partial charge in [0.05, 0.1) is 13.2 Å². The van der Waals surface area contributed by atoms with Crippen LogP contribution in [0, 0.1) is 5.92 Å². The number of carbonyl (C=O) groups excluding carboxylic acids is 1. The zero-order valence-electron chi connectivity index (χ0n) is 16.1. The van der Waals surface area contributed by atoms with E-state index in [1.807, 2.05) is 18.2 Å². The second-order valence-electron chi connectivity index (χ2n) is 8.05. The van der Waals surface area contributed by atoms with E-state index in [2.05, 4.69) is 17.1 Å². The monoisotopic (exact) mass is 374 g/mol. The topological polar surface area (TPSA) is 60.0 Å². The minimum Gasteiger partial charge on any atom is -0.454 e. The third kappa shape index (κ3) is 4.55. The highest BCUT2D eigenvalue weighted by atomic mass is 16.7. The number of ether oxygens (including phenoxy) is 3. The fourth-order valence-corrected chi connectivity index (χ4v) is 4.29. The van der Waals surface area contributed by atoms with E-state index in [0.717, 1.165) is 49.0 Å². The van der Waals surface area contributed by atoms with Crippen LogP contribution in [0.2, 0.25) is 0 Å². The number of benzene rings is 1. The number of fused-ring (bicyclic) bond motifs is 1. The zero-order chi connectivity index (χ0) is 18.6. The van der Waals surface area contributed by atoms with Gasteiger partial charge in [0.25, 0.3) is 0 Å². The molecule has 3 aliphatic rings. The largest absolute Gasteiger partial charge is 0.454 e. The maximum absolute atomic E-state index is 13.2. The summed E-state index contributed by atoms with van der Waals surface area (Å²) < 4.78 is 16.4. The molecule has 6 nitrogen and oxygen atoms in total. The molecule has 1 aromatic rings. The molecule has 2 fully saturated rings. The molecule has 1 amide bonds. The summed E-state index contributed by atoms with van der Waals surface area (Å²) in [4.78, 5) is 15.3. The zero-order valence-corrected chi connectivity index (χ0v) is 16.1. The van der Waals surface area contributed by atoms with Gasteiger partial charge in [-0.1, -0.05) is 13.0 Å². The quantitative estimate of drug-likeness (QED) is 0.859. The van der Waals surface area contributed by atoms with E-state index in [1.54, 1.807) is 0 Å². The van der Waals surface area contributed by atoms with Crippen molar-refractivity contribution in [2.24, 2.45) is 5.92 Å². The van der Waals surface area contributed by atoms with Gasteiger partial charge in [-0.3, -0.25) is 4.79 Å². The van der Waals surface area contributed by atoms with Gasteiger partial charge >= 0.3 is 0 Å². The molecule has 1 atom stereocenters. The third-order valence-corrected chi connectivity index (χ3v) is 5.96. The van der Waals surface area contributed by atoms with Crippen LogP contribution in [0.15, 0.2) is 18.2 Å². The molecule has 0 radical (unpaired) electrons. The van der Waals surface area contributed by atoms with Crippen molar-refractivity contribution in [3.05, 3.63) is 23.8 Å². The van der Waals surface area contributed by atoms with Crippen LogP contribution in [0.25, 0.3) is 0 Å². The predicted molar refractivity (Wildman–Crippen MR) is 102 cm³/mol. The van der Waals surface area contributed by atoms with E-state index in [0.29, 0.717) is 25.6 Å². The first-order valence-electron chi connectivity index (χ1n) is 10.2.